The minimum Gasteiger partial charge on any atom is -0.391 e. The Bertz CT molecular complexity index is 234. The van der Waals surface area contributed by atoms with Crippen molar-refractivity contribution in [1.82, 2.24) is 0 Å². The zero-order valence-electron chi connectivity index (χ0n) is 16.3. The van der Waals surface area contributed by atoms with E-state index >= 15 is 0 Å². The molecule has 23 heavy (non-hydrogen) atoms. The van der Waals surface area contributed by atoms with Crippen molar-refractivity contribution in [1.29, 1.82) is 0 Å². The number of hydrogen-bond donors (Lipinski definition) is 1. The van der Waals surface area contributed by atoms with E-state index in [1.807, 2.05) is 0 Å². The van der Waals surface area contributed by atoms with Crippen molar-refractivity contribution in [2.24, 2.45) is 0 Å². The highest BCUT2D eigenvalue weighted by Crippen LogP contribution is 2.13. The van der Waals surface area contributed by atoms with Crippen LogP contribution in [0.25, 0.3) is 0 Å². The van der Waals surface area contributed by atoms with Gasteiger partial charge in [0.25, 0.3) is 0 Å². The summed E-state index contributed by atoms with van der Waals surface area (Å²) < 4.78 is 0.946. The number of unbranched alkanes of at least 4 members (excludes halogenated alkanes) is 11. The number of quaternary nitrogens is 1. The maximum absolute atomic E-state index is 9.01. The molecule has 0 aromatic rings. The summed E-state index contributed by atoms with van der Waals surface area (Å²) in [5.74, 6) is 2.54. The summed E-state index contributed by atoms with van der Waals surface area (Å²) in [4.78, 5) is 0. The third kappa shape index (κ3) is 18.4. The molecule has 0 amide bonds. The van der Waals surface area contributed by atoms with Crippen LogP contribution < -0.4 is 0 Å². The number of likely N-dealkylation sites (N-methyl/N-ethyl adjacent to an activating group) is 1. The van der Waals surface area contributed by atoms with Gasteiger partial charge in [0, 0.05) is 5.75 Å². The van der Waals surface area contributed by atoms with Crippen LogP contribution in [0.2, 0.25) is 0 Å². The number of hydrogen-bond acceptors (Lipinski definition) is 2. The van der Waals surface area contributed by atoms with E-state index in [9.17, 15) is 0 Å². The molecule has 0 aromatic carbocycles. The fraction of sp³-hybridized carbons (Fsp3) is 1.00. The molecule has 0 spiro atoms. The highest BCUT2D eigenvalue weighted by Gasteiger charge is 2.12. The quantitative estimate of drug-likeness (QED) is 0.261. The van der Waals surface area contributed by atoms with Crippen LogP contribution in [-0.4, -0.2) is 54.9 Å². The normalized spacial score (nSPS) is 12.0. The van der Waals surface area contributed by atoms with E-state index in [1.54, 1.807) is 0 Å². The fourth-order valence-corrected chi connectivity index (χ4v) is 4.08. The van der Waals surface area contributed by atoms with Crippen molar-refractivity contribution in [3.63, 3.8) is 0 Å². The molecule has 0 aliphatic rings. The third-order valence-electron chi connectivity index (χ3n) is 4.69. The Morgan fingerprint density at radius 3 is 1.61 bits per heavy atom. The van der Waals surface area contributed by atoms with E-state index in [0.29, 0.717) is 6.61 Å². The predicted octanol–water partition coefficient (Wildman–Crippen LogP) is 5.49. The van der Waals surface area contributed by atoms with Gasteiger partial charge < -0.3 is 9.59 Å². The molecule has 0 bridgehead atoms. The molecule has 2 nitrogen and oxygen atoms in total. The molecule has 0 aliphatic carbocycles. The van der Waals surface area contributed by atoms with E-state index in [1.165, 1.54) is 95.1 Å². The van der Waals surface area contributed by atoms with Gasteiger partial charge in [-0.1, -0.05) is 77.6 Å². The highest BCUT2D eigenvalue weighted by molar-refractivity contribution is 7.99. The summed E-state index contributed by atoms with van der Waals surface area (Å²) in [6, 6.07) is 0. The molecular formula is C20H44NOS+. The first-order valence-corrected chi connectivity index (χ1v) is 11.3. The van der Waals surface area contributed by atoms with E-state index in [4.69, 9.17) is 5.11 Å². The standard InChI is InChI=1S/C20H44NOS/c1-4-5-6-7-8-9-10-11-12-13-14-15-19-23-20-17-21(2,3)16-18-22/h22H,4-20H2,1-3H3/q+1. The molecular weight excluding hydrogens is 302 g/mol. The fourth-order valence-electron chi connectivity index (χ4n) is 2.84. The van der Waals surface area contributed by atoms with Gasteiger partial charge in [-0.3, -0.25) is 0 Å². The van der Waals surface area contributed by atoms with Gasteiger partial charge in [-0.05, 0) is 12.2 Å². The summed E-state index contributed by atoms with van der Waals surface area (Å²) in [6.45, 7) is 4.63. The van der Waals surface area contributed by atoms with Gasteiger partial charge in [0.15, 0.2) is 0 Å². The van der Waals surface area contributed by atoms with Crippen LogP contribution in [0.4, 0.5) is 0 Å². The topological polar surface area (TPSA) is 20.2 Å². The predicted molar refractivity (Wildman–Crippen MR) is 107 cm³/mol. The van der Waals surface area contributed by atoms with Gasteiger partial charge in [-0.2, -0.15) is 11.8 Å². The van der Waals surface area contributed by atoms with Crippen molar-refractivity contribution in [3.05, 3.63) is 0 Å². The van der Waals surface area contributed by atoms with Crippen molar-refractivity contribution in [2.75, 3.05) is 45.3 Å². The van der Waals surface area contributed by atoms with E-state index in [0.717, 1.165) is 11.0 Å². The lowest BCUT2D eigenvalue weighted by molar-refractivity contribution is -0.888. The third-order valence-corrected chi connectivity index (χ3v) is 5.74. The van der Waals surface area contributed by atoms with Gasteiger partial charge in [0.05, 0.1) is 27.2 Å². The zero-order chi connectivity index (χ0) is 17.2. The first-order valence-electron chi connectivity index (χ1n) is 10.1. The molecule has 0 saturated heterocycles. The van der Waals surface area contributed by atoms with Crippen molar-refractivity contribution in [3.8, 4) is 0 Å². The Balaban J connectivity index is 3.11. The van der Waals surface area contributed by atoms with Gasteiger partial charge in [0.1, 0.15) is 6.54 Å². The van der Waals surface area contributed by atoms with Crippen LogP contribution >= 0.6 is 11.8 Å². The molecule has 0 rings (SSSR count). The smallest absolute Gasteiger partial charge is 0.102 e. The molecule has 0 atom stereocenters. The molecule has 3 heteroatoms. The Kier molecular flexibility index (Phi) is 17.3. The highest BCUT2D eigenvalue weighted by atomic mass is 32.2. The Hall–Kier alpha value is 0.270. The van der Waals surface area contributed by atoms with Crippen LogP contribution in [0, 0.1) is 0 Å². The maximum atomic E-state index is 9.01. The molecule has 0 heterocycles. The molecule has 0 aliphatic heterocycles. The number of aliphatic hydroxyl groups is 1. The van der Waals surface area contributed by atoms with E-state index in [-0.39, 0.29) is 0 Å². The average molecular weight is 347 g/mol. The largest absolute Gasteiger partial charge is 0.391 e. The molecule has 0 aromatic heterocycles. The van der Waals surface area contributed by atoms with Crippen molar-refractivity contribution in [2.45, 2.75) is 84.0 Å². The number of aliphatic hydroxyl groups excluding tert-OH is 1. The molecule has 0 unspecified atom stereocenters. The Morgan fingerprint density at radius 2 is 1.13 bits per heavy atom. The van der Waals surface area contributed by atoms with Crippen LogP contribution in [0.5, 0.6) is 0 Å². The monoisotopic (exact) mass is 346 g/mol. The van der Waals surface area contributed by atoms with Crippen LogP contribution in [0.1, 0.15) is 84.0 Å². The van der Waals surface area contributed by atoms with Crippen LogP contribution in [0.15, 0.2) is 0 Å². The maximum Gasteiger partial charge on any atom is 0.102 e. The second-order valence-electron chi connectivity index (χ2n) is 7.61. The van der Waals surface area contributed by atoms with Gasteiger partial charge in [-0.15, -0.1) is 0 Å². The van der Waals surface area contributed by atoms with Crippen molar-refractivity contribution < 1.29 is 9.59 Å². The van der Waals surface area contributed by atoms with Crippen LogP contribution in [-0.2, 0) is 0 Å². The second kappa shape index (κ2) is 17.1. The SMILES string of the molecule is CCCCCCCCCCCCCCSCC[N+](C)(C)CCO. The lowest BCUT2D eigenvalue weighted by atomic mass is 10.1. The Labute approximate surface area is 151 Å². The summed E-state index contributed by atoms with van der Waals surface area (Å²) in [7, 11) is 4.42. The summed E-state index contributed by atoms with van der Waals surface area (Å²) in [5, 5.41) is 9.01. The van der Waals surface area contributed by atoms with Crippen molar-refractivity contribution >= 4 is 11.8 Å². The first kappa shape index (κ1) is 23.3. The molecule has 0 fully saturated rings. The molecule has 0 radical (unpaired) electrons. The number of thioether (sulfide) groups is 1. The minimum atomic E-state index is 0.302. The average Bonchev–Trinajstić information content (AvgIpc) is 2.51. The zero-order valence-corrected chi connectivity index (χ0v) is 17.1. The van der Waals surface area contributed by atoms with Crippen LogP contribution in [0.3, 0.4) is 0 Å². The lowest BCUT2D eigenvalue weighted by Gasteiger charge is -2.28. The van der Waals surface area contributed by atoms with Gasteiger partial charge in [-0.25, -0.2) is 0 Å². The minimum absolute atomic E-state index is 0.302. The first-order chi connectivity index (χ1) is 11.1. The molecule has 0 saturated carbocycles. The Morgan fingerprint density at radius 1 is 0.652 bits per heavy atom. The molecule has 140 valence electrons. The summed E-state index contributed by atoms with van der Waals surface area (Å²) in [6.07, 6.45) is 17.2. The second-order valence-corrected chi connectivity index (χ2v) is 8.83. The number of rotatable bonds is 18. The van der Waals surface area contributed by atoms with E-state index in [2.05, 4.69) is 32.8 Å². The molecule has 1 N–H and O–H groups in total. The van der Waals surface area contributed by atoms with E-state index < -0.39 is 0 Å². The van der Waals surface area contributed by atoms with Gasteiger partial charge in [0.2, 0.25) is 0 Å². The lowest BCUT2D eigenvalue weighted by Crippen LogP contribution is -2.43. The summed E-state index contributed by atoms with van der Waals surface area (Å²) in [5.41, 5.74) is 0. The van der Waals surface area contributed by atoms with Gasteiger partial charge >= 0.3 is 0 Å². The number of nitrogens with zero attached hydrogens (tertiary/aromatic N) is 1. The summed E-state index contributed by atoms with van der Waals surface area (Å²) >= 11 is 2.09.